The molecule has 222 valence electrons. The lowest BCUT2D eigenvalue weighted by Crippen LogP contribution is -2.50. The molecule has 3 N–H and O–H groups in total. The van der Waals surface area contributed by atoms with Gasteiger partial charge in [-0.1, -0.05) is 54.6 Å². The highest BCUT2D eigenvalue weighted by atomic mass is 19.4. The molecule has 0 unspecified atom stereocenters. The highest BCUT2D eigenvalue weighted by Crippen LogP contribution is 2.38. The number of piperidine rings is 1. The van der Waals surface area contributed by atoms with E-state index in [1.54, 1.807) is 10.7 Å². The van der Waals surface area contributed by atoms with Gasteiger partial charge >= 0.3 is 6.18 Å². The molecule has 1 aliphatic rings. The summed E-state index contributed by atoms with van der Waals surface area (Å²) in [6.07, 6.45) is -3.68. The number of rotatable bonds is 8. The Bertz CT molecular complexity index is 1610. The first-order valence-corrected chi connectivity index (χ1v) is 13.9. The molecule has 12 heteroatoms. The zero-order valence-electron chi connectivity index (χ0n) is 23.2. The number of carbonyl (C=O) groups excluding carboxylic acids is 1. The first-order valence-electron chi connectivity index (χ1n) is 13.9. The van der Waals surface area contributed by atoms with E-state index < -0.39 is 35.6 Å². The smallest absolute Gasteiger partial charge is 0.388 e. The Morgan fingerprint density at radius 1 is 1.07 bits per heavy atom. The minimum absolute atomic E-state index is 0.0374. The summed E-state index contributed by atoms with van der Waals surface area (Å²) in [5, 5.41) is 15.8. The lowest BCUT2D eigenvalue weighted by Gasteiger charge is -2.39. The van der Waals surface area contributed by atoms with Gasteiger partial charge in [-0.25, -0.2) is 4.98 Å². The largest absolute Gasteiger partial charge is 0.396 e. The summed E-state index contributed by atoms with van der Waals surface area (Å²) in [7, 11) is 0. The van der Waals surface area contributed by atoms with Gasteiger partial charge in [-0.3, -0.25) is 18.8 Å². The Morgan fingerprint density at radius 2 is 1.74 bits per heavy atom. The number of alkyl halides is 3. The van der Waals surface area contributed by atoms with Crippen molar-refractivity contribution >= 4 is 16.9 Å². The molecule has 1 fully saturated rings. The van der Waals surface area contributed by atoms with Gasteiger partial charge in [0, 0.05) is 38.2 Å². The van der Waals surface area contributed by atoms with Crippen LogP contribution in [0.1, 0.15) is 43.2 Å². The maximum Gasteiger partial charge on any atom is 0.396 e. The summed E-state index contributed by atoms with van der Waals surface area (Å²) in [5.41, 5.74) is 7.15. The fourth-order valence-electron chi connectivity index (χ4n) is 5.52. The van der Waals surface area contributed by atoms with E-state index in [0.717, 1.165) is 11.1 Å². The van der Waals surface area contributed by atoms with E-state index in [1.807, 2.05) is 31.2 Å². The topological polar surface area (TPSA) is 119 Å². The number of amides is 1. The molecule has 0 bridgehead atoms. The van der Waals surface area contributed by atoms with Crippen LogP contribution in [-0.2, 0) is 24.4 Å². The van der Waals surface area contributed by atoms with Crippen molar-refractivity contribution in [2.75, 3.05) is 13.1 Å². The molecule has 3 heterocycles. The number of nitrogens with zero attached hydrogens (tertiary/aromatic N) is 5. The van der Waals surface area contributed by atoms with E-state index in [0.29, 0.717) is 24.3 Å². The van der Waals surface area contributed by atoms with Gasteiger partial charge in [0.15, 0.2) is 5.52 Å². The molecular weight excluding hydrogens is 549 g/mol. The van der Waals surface area contributed by atoms with Crippen LogP contribution in [-0.4, -0.2) is 60.1 Å². The van der Waals surface area contributed by atoms with Gasteiger partial charge in [-0.15, -0.1) is 0 Å². The van der Waals surface area contributed by atoms with Crippen molar-refractivity contribution < 1.29 is 23.1 Å². The summed E-state index contributed by atoms with van der Waals surface area (Å²) >= 11 is 0. The number of fused-ring (bicyclic) bond motifs is 1. The third-order valence-corrected chi connectivity index (χ3v) is 7.97. The number of hydrogen-bond donors (Lipinski definition) is 2. The standard InChI is InChI=1S/C30H33F3N6O3/c1-2-39-27(22-10-8-20(17-34)9-11-22)25-26(36-39)28(41)38(19-35-25)18-29(42)12-14-37(15-13-29)24(40)16-23(30(31,32)33)21-6-4-3-5-7-21/h3-11,19,23,42H,2,12-18,34H2,1H3/t23-/m1/s1. The van der Waals surface area contributed by atoms with Gasteiger partial charge in [-0.05, 0) is 30.9 Å². The van der Waals surface area contributed by atoms with Crippen LogP contribution in [0, 0.1) is 0 Å². The Hall–Kier alpha value is -4.03. The molecule has 2 aromatic carbocycles. The Balaban J connectivity index is 1.30. The number of likely N-dealkylation sites (tertiary alicyclic amines) is 1. The third-order valence-electron chi connectivity index (χ3n) is 7.97. The molecule has 42 heavy (non-hydrogen) atoms. The maximum absolute atomic E-state index is 13.8. The Morgan fingerprint density at radius 3 is 2.33 bits per heavy atom. The van der Waals surface area contributed by atoms with Crippen molar-refractivity contribution in [2.45, 2.75) is 63.5 Å². The van der Waals surface area contributed by atoms with Gasteiger partial charge in [0.05, 0.1) is 30.1 Å². The van der Waals surface area contributed by atoms with Gasteiger partial charge in [0.2, 0.25) is 5.91 Å². The van der Waals surface area contributed by atoms with Crippen LogP contribution in [0.2, 0.25) is 0 Å². The lowest BCUT2D eigenvalue weighted by atomic mass is 9.90. The molecular formula is C30H33F3N6O3. The van der Waals surface area contributed by atoms with Crippen LogP contribution in [0.5, 0.6) is 0 Å². The SMILES string of the molecule is CCn1nc2c(=O)n(CC3(O)CCN(C(=O)C[C@H](c4ccccc4)C(F)(F)F)CC3)cnc2c1-c1ccc(CN)cc1. The summed E-state index contributed by atoms with van der Waals surface area (Å²) in [5.74, 6) is -2.53. The van der Waals surface area contributed by atoms with E-state index >= 15 is 0 Å². The number of halogens is 3. The first kappa shape index (κ1) is 29.5. The van der Waals surface area contributed by atoms with Crippen LogP contribution in [0.15, 0.2) is 65.7 Å². The molecule has 1 atom stereocenters. The molecule has 4 aromatic rings. The molecule has 0 radical (unpaired) electrons. The number of hydrogen-bond acceptors (Lipinski definition) is 6. The molecule has 1 aliphatic heterocycles. The quantitative estimate of drug-likeness (QED) is 0.326. The molecule has 1 saturated heterocycles. The zero-order chi connectivity index (χ0) is 30.1. The monoisotopic (exact) mass is 582 g/mol. The number of benzene rings is 2. The highest BCUT2D eigenvalue weighted by Gasteiger charge is 2.43. The fourth-order valence-corrected chi connectivity index (χ4v) is 5.52. The number of aryl methyl sites for hydroxylation is 1. The minimum Gasteiger partial charge on any atom is -0.388 e. The highest BCUT2D eigenvalue weighted by molar-refractivity contribution is 5.89. The van der Waals surface area contributed by atoms with Crippen LogP contribution in [0.25, 0.3) is 22.3 Å². The summed E-state index contributed by atoms with van der Waals surface area (Å²) < 4.78 is 44.3. The van der Waals surface area contributed by atoms with E-state index in [-0.39, 0.29) is 43.6 Å². The normalized spacial score (nSPS) is 16.1. The molecule has 2 aromatic heterocycles. The lowest BCUT2D eigenvalue weighted by molar-refractivity contribution is -0.162. The molecule has 0 aliphatic carbocycles. The first-order chi connectivity index (χ1) is 20.0. The van der Waals surface area contributed by atoms with Gasteiger partial charge in [0.25, 0.3) is 5.56 Å². The van der Waals surface area contributed by atoms with Gasteiger partial charge in [-0.2, -0.15) is 18.3 Å². The summed E-state index contributed by atoms with van der Waals surface area (Å²) in [6.45, 7) is 2.91. The minimum atomic E-state index is -4.57. The van der Waals surface area contributed by atoms with Crippen LogP contribution >= 0.6 is 0 Å². The maximum atomic E-state index is 13.8. The van der Waals surface area contributed by atoms with Crippen molar-refractivity contribution in [3.8, 4) is 11.3 Å². The van der Waals surface area contributed by atoms with Gasteiger partial charge < -0.3 is 15.7 Å². The van der Waals surface area contributed by atoms with Crippen molar-refractivity contribution in [3.05, 3.63) is 82.4 Å². The summed E-state index contributed by atoms with van der Waals surface area (Å²) in [4.78, 5) is 32.2. The number of aliphatic hydroxyl groups is 1. The average molecular weight is 583 g/mol. The second-order valence-electron chi connectivity index (χ2n) is 10.8. The van der Waals surface area contributed by atoms with Crippen molar-refractivity contribution in [3.63, 3.8) is 0 Å². The van der Waals surface area contributed by atoms with Crippen LogP contribution in [0.3, 0.4) is 0 Å². The molecule has 5 rings (SSSR count). The molecule has 9 nitrogen and oxygen atoms in total. The second-order valence-corrected chi connectivity index (χ2v) is 10.8. The molecule has 0 spiro atoms. The van der Waals surface area contributed by atoms with Crippen molar-refractivity contribution in [2.24, 2.45) is 5.73 Å². The molecule has 0 saturated carbocycles. The van der Waals surface area contributed by atoms with E-state index in [9.17, 15) is 27.9 Å². The Labute approximate surface area is 240 Å². The molecule has 1 amide bonds. The van der Waals surface area contributed by atoms with Gasteiger partial charge in [0.1, 0.15) is 5.52 Å². The zero-order valence-corrected chi connectivity index (χ0v) is 23.2. The van der Waals surface area contributed by atoms with Crippen LogP contribution in [0.4, 0.5) is 13.2 Å². The number of nitrogens with two attached hydrogens (primary N) is 1. The van der Waals surface area contributed by atoms with E-state index in [2.05, 4.69) is 10.1 Å². The number of carbonyl (C=O) groups is 1. The van der Waals surface area contributed by atoms with E-state index in [1.165, 1.54) is 40.1 Å². The van der Waals surface area contributed by atoms with Crippen molar-refractivity contribution in [1.82, 2.24) is 24.2 Å². The van der Waals surface area contributed by atoms with Crippen molar-refractivity contribution in [1.29, 1.82) is 0 Å². The summed E-state index contributed by atoms with van der Waals surface area (Å²) in [6, 6.07) is 15.0. The predicted octanol–water partition coefficient (Wildman–Crippen LogP) is 3.83. The van der Waals surface area contributed by atoms with Crippen LogP contribution < -0.4 is 11.3 Å². The van der Waals surface area contributed by atoms with E-state index in [4.69, 9.17) is 5.73 Å². The number of aromatic nitrogens is 4. The fraction of sp³-hybridized carbons (Fsp3) is 0.400. The third kappa shape index (κ3) is 5.95. The Kier molecular flexibility index (Phi) is 8.20. The second kappa shape index (κ2) is 11.7. The predicted molar refractivity (Wildman–Crippen MR) is 151 cm³/mol. The average Bonchev–Trinajstić information content (AvgIpc) is 3.37.